The van der Waals surface area contributed by atoms with E-state index in [0.717, 1.165) is 16.9 Å². The summed E-state index contributed by atoms with van der Waals surface area (Å²) in [5.74, 6) is 0. The Balaban J connectivity index is 1.93. The molecule has 0 atom stereocenters. The van der Waals surface area contributed by atoms with Gasteiger partial charge in [-0.05, 0) is 32.4 Å². The number of ether oxygens (including phenoxy) is 1. The summed E-state index contributed by atoms with van der Waals surface area (Å²) in [7, 11) is 0. The molecule has 0 saturated carbocycles. The molecule has 0 aliphatic rings. The number of hydrogen-bond acceptors (Lipinski definition) is 5. The Morgan fingerprint density at radius 1 is 1.17 bits per heavy atom. The molecular formula is C17H22N4O2. The molecule has 2 aromatic rings. The van der Waals surface area contributed by atoms with Crippen LogP contribution < -0.4 is 10.6 Å². The van der Waals surface area contributed by atoms with E-state index >= 15 is 0 Å². The molecule has 23 heavy (non-hydrogen) atoms. The lowest BCUT2D eigenvalue weighted by atomic mass is 10.1. The summed E-state index contributed by atoms with van der Waals surface area (Å²) in [4.78, 5) is 20.0. The van der Waals surface area contributed by atoms with Crippen molar-refractivity contribution >= 4 is 11.8 Å². The minimum Gasteiger partial charge on any atom is -0.444 e. The topological polar surface area (TPSA) is 76.1 Å². The molecule has 1 aromatic carbocycles. The Hall–Kier alpha value is -2.63. The molecule has 0 spiro atoms. The van der Waals surface area contributed by atoms with E-state index in [2.05, 4.69) is 20.6 Å². The van der Waals surface area contributed by atoms with Gasteiger partial charge in [-0.25, -0.2) is 4.79 Å². The number of carbonyl (C=O) groups is 1. The Morgan fingerprint density at radius 2 is 1.96 bits per heavy atom. The summed E-state index contributed by atoms with van der Waals surface area (Å²) in [5.41, 5.74) is 2.26. The summed E-state index contributed by atoms with van der Waals surface area (Å²) in [6, 6.07) is 7.79. The van der Waals surface area contributed by atoms with Gasteiger partial charge in [0.05, 0.1) is 18.4 Å². The van der Waals surface area contributed by atoms with Gasteiger partial charge in [0, 0.05) is 24.6 Å². The van der Waals surface area contributed by atoms with E-state index in [1.54, 1.807) is 18.6 Å². The van der Waals surface area contributed by atoms with E-state index < -0.39 is 11.7 Å². The second-order valence-corrected chi connectivity index (χ2v) is 6.06. The van der Waals surface area contributed by atoms with Crippen LogP contribution in [0.2, 0.25) is 0 Å². The SMILES string of the molecule is CC(C)(C)OC(=O)NCc1ccccc1NCc1cnccn1. The first-order valence-electron chi connectivity index (χ1n) is 7.47. The van der Waals surface area contributed by atoms with Crippen molar-refractivity contribution in [3.8, 4) is 0 Å². The van der Waals surface area contributed by atoms with Crippen molar-refractivity contribution in [1.82, 2.24) is 15.3 Å². The van der Waals surface area contributed by atoms with Gasteiger partial charge in [0.2, 0.25) is 0 Å². The fraction of sp³-hybridized carbons (Fsp3) is 0.353. The zero-order chi connectivity index (χ0) is 16.7. The summed E-state index contributed by atoms with van der Waals surface area (Å²) in [6.07, 6.45) is 4.59. The van der Waals surface area contributed by atoms with Crippen molar-refractivity contribution in [2.75, 3.05) is 5.32 Å². The zero-order valence-corrected chi connectivity index (χ0v) is 13.7. The van der Waals surface area contributed by atoms with E-state index in [1.807, 2.05) is 45.0 Å². The number of nitrogens with zero attached hydrogens (tertiary/aromatic N) is 2. The average molecular weight is 314 g/mol. The minimum absolute atomic E-state index is 0.387. The van der Waals surface area contributed by atoms with Crippen LogP contribution >= 0.6 is 0 Å². The standard InChI is InChI=1S/C17H22N4O2/c1-17(2,3)23-16(22)21-10-13-6-4-5-7-15(13)20-12-14-11-18-8-9-19-14/h4-9,11,20H,10,12H2,1-3H3,(H,21,22). The van der Waals surface area contributed by atoms with E-state index in [4.69, 9.17) is 4.74 Å². The average Bonchev–Trinajstić information content (AvgIpc) is 2.51. The molecule has 6 heteroatoms. The van der Waals surface area contributed by atoms with Crippen LogP contribution in [0.4, 0.5) is 10.5 Å². The maximum atomic E-state index is 11.8. The molecule has 122 valence electrons. The highest BCUT2D eigenvalue weighted by Crippen LogP contribution is 2.16. The molecule has 0 radical (unpaired) electrons. The monoisotopic (exact) mass is 314 g/mol. The van der Waals surface area contributed by atoms with Crippen LogP contribution in [0.1, 0.15) is 32.0 Å². The number of nitrogens with one attached hydrogen (secondary N) is 2. The van der Waals surface area contributed by atoms with Gasteiger partial charge in [0.15, 0.2) is 0 Å². The van der Waals surface area contributed by atoms with Gasteiger partial charge in [-0.1, -0.05) is 18.2 Å². The van der Waals surface area contributed by atoms with Gasteiger partial charge in [0.1, 0.15) is 5.60 Å². The third kappa shape index (κ3) is 5.94. The third-order valence-electron chi connectivity index (χ3n) is 2.92. The van der Waals surface area contributed by atoms with Crippen LogP contribution in [0.15, 0.2) is 42.9 Å². The van der Waals surface area contributed by atoms with Gasteiger partial charge >= 0.3 is 6.09 Å². The number of benzene rings is 1. The normalized spacial score (nSPS) is 10.9. The first-order chi connectivity index (χ1) is 10.9. The molecule has 0 aliphatic carbocycles. The summed E-state index contributed by atoms with van der Waals surface area (Å²) in [6.45, 7) is 6.46. The highest BCUT2D eigenvalue weighted by atomic mass is 16.6. The molecule has 0 saturated heterocycles. The lowest BCUT2D eigenvalue weighted by Gasteiger charge is -2.20. The van der Waals surface area contributed by atoms with Gasteiger partial charge in [-0.3, -0.25) is 9.97 Å². The Kier molecular flexibility index (Phi) is 5.51. The van der Waals surface area contributed by atoms with Crippen molar-refractivity contribution in [3.63, 3.8) is 0 Å². The molecule has 1 aromatic heterocycles. The molecule has 2 rings (SSSR count). The molecule has 0 unspecified atom stereocenters. The minimum atomic E-state index is -0.506. The van der Waals surface area contributed by atoms with Crippen molar-refractivity contribution < 1.29 is 9.53 Å². The molecule has 2 N–H and O–H groups in total. The first-order valence-corrected chi connectivity index (χ1v) is 7.47. The predicted molar refractivity (Wildman–Crippen MR) is 88.9 cm³/mol. The lowest BCUT2D eigenvalue weighted by molar-refractivity contribution is 0.0523. The third-order valence-corrected chi connectivity index (χ3v) is 2.92. The number of rotatable bonds is 5. The van der Waals surface area contributed by atoms with E-state index in [9.17, 15) is 4.79 Å². The second-order valence-electron chi connectivity index (χ2n) is 6.06. The van der Waals surface area contributed by atoms with Crippen LogP contribution in [-0.4, -0.2) is 21.7 Å². The molecular weight excluding hydrogens is 292 g/mol. The highest BCUT2D eigenvalue weighted by Gasteiger charge is 2.16. The maximum Gasteiger partial charge on any atom is 0.407 e. The van der Waals surface area contributed by atoms with Gasteiger partial charge in [-0.2, -0.15) is 0 Å². The summed E-state index contributed by atoms with van der Waals surface area (Å²) >= 11 is 0. The predicted octanol–water partition coefficient (Wildman–Crippen LogP) is 3.11. The summed E-state index contributed by atoms with van der Waals surface area (Å²) < 4.78 is 5.24. The van der Waals surface area contributed by atoms with Crippen molar-refractivity contribution in [1.29, 1.82) is 0 Å². The fourth-order valence-electron chi connectivity index (χ4n) is 1.94. The summed E-state index contributed by atoms with van der Waals surface area (Å²) in [5, 5.41) is 6.07. The molecule has 1 heterocycles. The number of carbonyl (C=O) groups excluding carboxylic acids is 1. The van der Waals surface area contributed by atoms with Crippen molar-refractivity contribution in [2.24, 2.45) is 0 Å². The van der Waals surface area contributed by atoms with Crippen LogP contribution in [0.5, 0.6) is 0 Å². The number of para-hydroxylation sites is 1. The zero-order valence-electron chi connectivity index (χ0n) is 13.7. The molecule has 1 amide bonds. The van der Waals surface area contributed by atoms with Crippen LogP contribution in [-0.2, 0) is 17.8 Å². The number of hydrogen-bond donors (Lipinski definition) is 2. The largest absolute Gasteiger partial charge is 0.444 e. The molecule has 0 aliphatic heterocycles. The Bertz CT molecular complexity index is 639. The highest BCUT2D eigenvalue weighted by molar-refractivity contribution is 5.68. The molecule has 6 nitrogen and oxygen atoms in total. The van der Waals surface area contributed by atoms with E-state index in [1.165, 1.54) is 0 Å². The number of amides is 1. The van der Waals surface area contributed by atoms with Gasteiger partial charge in [-0.15, -0.1) is 0 Å². The first kappa shape index (κ1) is 16.7. The fourth-order valence-corrected chi connectivity index (χ4v) is 1.94. The smallest absolute Gasteiger partial charge is 0.407 e. The second kappa shape index (κ2) is 7.58. The van der Waals surface area contributed by atoms with Crippen molar-refractivity contribution in [3.05, 3.63) is 54.1 Å². The molecule has 0 bridgehead atoms. The van der Waals surface area contributed by atoms with E-state index in [-0.39, 0.29) is 0 Å². The Labute approximate surface area is 136 Å². The van der Waals surface area contributed by atoms with Gasteiger partial charge in [0.25, 0.3) is 0 Å². The number of anilines is 1. The number of aromatic nitrogens is 2. The quantitative estimate of drug-likeness (QED) is 0.887. The van der Waals surface area contributed by atoms with Crippen LogP contribution in [0.3, 0.4) is 0 Å². The van der Waals surface area contributed by atoms with E-state index in [0.29, 0.717) is 13.1 Å². The van der Waals surface area contributed by atoms with Gasteiger partial charge < -0.3 is 15.4 Å². The van der Waals surface area contributed by atoms with Crippen molar-refractivity contribution in [2.45, 2.75) is 39.5 Å². The Morgan fingerprint density at radius 3 is 2.65 bits per heavy atom. The number of alkyl carbamates (subject to hydrolysis) is 1. The van der Waals surface area contributed by atoms with Crippen LogP contribution in [0, 0.1) is 0 Å². The molecule has 0 fully saturated rings. The van der Waals surface area contributed by atoms with Crippen LogP contribution in [0.25, 0.3) is 0 Å². The maximum absolute atomic E-state index is 11.8. The lowest BCUT2D eigenvalue weighted by Crippen LogP contribution is -2.32.